The predicted octanol–water partition coefficient (Wildman–Crippen LogP) is 4.20. The molecule has 5 atom stereocenters. The molecule has 180 valence electrons. The minimum absolute atomic E-state index is 0.0420. The first-order valence-electron chi connectivity index (χ1n) is 12.3. The average Bonchev–Trinajstić information content (AvgIpc) is 3.20. The van der Waals surface area contributed by atoms with Crippen LogP contribution in [-0.2, 0) is 6.42 Å². The van der Waals surface area contributed by atoms with Crippen LogP contribution in [0.15, 0.2) is 42.7 Å². The number of benzene rings is 1. The highest BCUT2D eigenvalue weighted by Gasteiger charge is 2.52. The molecule has 1 aromatic carbocycles. The Morgan fingerprint density at radius 1 is 1.29 bits per heavy atom. The number of aromatic nitrogens is 1. The Bertz CT molecular complexity index is 1130. The highest BCUT2D eigenvalue weighted by Crippen LogP contribution is 2.63. The molecule has 6 heteroatoms. The lowest BCUT2D eigenvalue weighted by Crippen LogP contribution is -2.41. The number of carbonyl (C=O) groups is 1. The van der Waals surface area contributed by atoms with E-state index < -0.39 is 6.10 Å². The number of hydrogen-bond acceptors (Lipinski definition) is 4. The zero-order valence-electron chi connectivity index (χ0n) is 19.9. The Balaban J connectivity index is 1.36. The van der Waals surface area contributed by atoms with Crippen molar-refractivity contribution >= 4 is 11.5 Å². The van der Waals surface area contributed by atoms with Crippen molar-refractivity contribution in [3.63, 3.8) is 0 Å². The highest BCUT2D eigenvalue weighted by molar-refractivity contribution is 5.94. The number of likely N-dealkylation sites (N-methyl/N-ethyl adjacent to an activating group) is 1. The first-order valence-corrected chi connectivity index (χ1v) is 12.3. The first-order chi connectivity index (χ1) is 16.3. The fourth-order valence-corrected chi connectivity index (χ4v) is 6.97. The van der Waals surface area contributed by atoms with E-state index in [1.54, 1.807) is 19.3 Å². The summed E-state index contributed by atoms with van der Waals surface area (Å²) in [7, 11) is 1.65. The van der Waals surface area contributed by atoms with E-state index >= 15 is 0 Å². The van der Waals surface area contributed by atoms with Crippen molar-refractivity contribution in [2.45, 2.75) is 51.0 Å². The molecule has 5 nitrogen and oxygen atoms in total. The van der Waals surface area contributed by atoms with Crippen LogP contribution in [-0.4, -0.2) is 52.3 Å². The molecule has 0 radical (unpaired) electrons. The van der Waals surface area contributed by atoms with E-state index in [-0.39, 0.29) is 30.3 Å². The average molecular weight is 465 g/mol. The minimum atomic E-state index is -0.933. The predicted molar refractivity (Wildman–Crippen MR) is 129 cm³/mol. The molecular formula is C28H33FN2O3. The molecule has 1 fully saturated rings. The fraction of sp³-hybridized carbons (Fsp3) is 0.500. The Hall–Kier alpha value is -2.57. The number of rotatable bonds is 5. The van der Waals surface area contributed by atoms with Gasteiger partial charge in [-0.1, -0.05) is 19.1 Å². The molecule has 3 aliphatic carbocycles. The lowest BCUT2D eigenvalue weighted by Gasteiger charge is -2.50. The van der Waals surface area contributed by atoms with Gasteiger partial charge in [0, 0.05) is 25.4 Å². The summed E-state index contributed by atoms with van der Waals surface area (Å²) >= 11 is 0. The Morgan fingerprint density at radius 3 is 2.88 bits per heavy atom. The molecule has 0 aliphatic heterocycles. The zero-order chi connectivity index (χ0) is 24.0. The van der Waals surface area contributed by atoms with Crippen LogP contribution in [0.2, 0.25) is 0 Å². The van der Waals surface area contributed by atoms with Crippen LogP contribution >= 0.6 is 0 Å². The van der Waals surface area contributed by atoms with Crippen molar-refractivity contribution < 1.29 is 19.4 Å². The van der Waals surface area contributed by atoms with Gasteiger partial charge in [0.15, 0.2) is 0 Å². The van der Waals surface area contributed by atoms with Gasteiger partial charge in [0.25, 0.3) is 5.91 Å². The van der Waals surface area contributed by atoms with Crippen molar-refractivity contribution in [3.05, 3.63) is 70.8 Å². The van der Waals surface area contributed by atoms with Gasteiger partial charge < -0.3 is 15.1 Å². The van der Waals surface area contributed by atoms with Crippen LogP contribution in [0.5, 0.6) is 0 Å². The Kier molecular flexibility index (Phi) is 6.07. The summed E-state index contributed by atoms with van der Waals surface area (Å²) < 4.78 is 13.9. The molecule has 0 spiro atoms. The number of nitrogens with zero attached hydrogens (tertiary/aromatic N) is 2. The molecule has 0 bridgehead atoms. The number of hydrogen-bond donors (Lipinski definition) is 2. The number of halogens is 1. The number of fused-ring (bicyclic) bond motifs is 5. The van der Waals surface area contributed by atoms with E-state index in [4.69, 9.17) is 5.11 Å². The van der Waals surface area contributed by atoms with Crippen LogP contribution in [0.4, 0.5) is 4.39 Å². The van der Waals surface area contributed by atoms with Crippen molar-refractivity contribution in [1.29, 1.82) is 0 Å². The van der Waals surface area contributed by atoms with E-state index in [1.165, 1.54) is 27.8 Å². The van der Waals surface area contributed by atoms with Gasteiger partial charge in [0.2, 0.25) is 0 Å². The van der Waals surface area contributed by atoms with Crippen LogP contribution in [0, 0.1) is 23.1 Å². The molecule has 1 saturated carbocycles. The van der Waals surface area contributed by atoms with E-state index in [1.807, 2.05) is 12.1 Å². The van der Waals surface area contributed by atoms with Crippen molar-refractivity contribution in [2.24, 2.45) is 17.3 Å². The summed E-state index contributed by atoms with van der Waals surface area (Å²) in [4.78, 5) is 18.4. The van der Waals surface area contributed by atoms with Crippen LogP contribution < -0.4 is 0 Å². The van der Waals surface area contributed by atoms with Gasteiger partial charge in [0.1, 0.15) is 5.82 Å². The molecule has 2 aromatic rings. The zero-order valence-corrected chi connectivity index (χ0v) is 19.9. The molecule has 1 heterocycles. The highest BCUT2D eigenvalue weighted by atomic mass is 19.1. The SMILES string of the molecule is CN(CC(O)CO)C(=O)c1ccc2c(c1)CCC1C2CCC2(C)C(c3cncc(F)c3)=CCC12. The molecular weight excluding hydrogens is 431 g/mol. The van der Waals surface area contributed by atoms with Crippen molar-refractivity contribution in [2.75, 3.05) is 20.2 Å². The molecule has 1 aromatic heterocycles. The van der Waals surface area contributed by atoms with Crippen LogP contribution in [0.1, 0.15) is 65.6 Å². The molecule has 34 heavy (non-hydrogen) atoms. The van der Waals surface area contributed by atoms with Gasteiger partial charge in [0.05, 0.1) is 18.9 Å². The van der Waals surface area contributed by atoms with E-state index in [2.05, 4.69) is 24.1 Å². The third-order valence-corrected chi connectivity index (χ3v) is 8.61. The summed E-state index contributed by atoms with van der Waals surface area (Å²) in [5.74, 6) is 1.17. The normalized spacial score (nSPS) is 28.4. The van der Waals surface area contributed by atoms with Gasteiger partial charge >= 0.3 is 0 Å². The van der Waals surface area contributed by atoms with Gasteiger partial charge in [-0.15, -0.1) is 0 Å². The summed E-state index contributed by atoms with van der Waals surface area (Å²) in [6.07, 6.45) is 9.64. The summed E-state index contributed by atoms with van der Waals surface area (Å²) in [5, 5.41) is 18.7. The number of amides is 1. The maximum Gasteiger partial charge on any atom is 0.253 e. The monoisotopic (exact) mass is 464 g/mol. The summed E-state index contributed by atoms with van der Waals surface area (Å²) in [6.45, 7) is 2.09. The topological polar surface area (TPSA) is 73.7 Å². The quantitative estimate of drug-likeness (QED) is 0.696. The third kappa shape index (κ3) is 3.87. The number of allylic oxidation sites excluding steroid dienone is 2. The number of carbonyl (C=O) groups excluding carboxylic acids is 1. The van der Waals surface area contributed by atoms with Crippen molar-refractivity contribution in [1.82, 2.24) is 9.88 Å². The van der Waals surface area contributed by atoms with Crippen LogP contribution in [0.25, 0.3) is 5.57 Å². The van der Waals surface area contributed by atoms with E-state index in [0.29, 0.717) is 23.3 Å². The Morgan fingerprint density at radius 2 is 2.12 bits per heavy atom. The number of aryl methyl sites for hydroxylation is 1. The minimum Gasteiger partial charge on any atom is -0.394 e. The number of aliphatic hydroxyl groups excluding tert-OH is 2. The largest absolute Gasteiger partial charge is 0.394 e. The molecule has 0 saturated heterocycles. The van der Waals surface area contributed by atoms with Gasteiger partial charge in [-0.25, -0.2) is 4.39 Å². The molecule has 3 aliphatic rings. The second-order valence-corrected chi connectivity index (χ2v) is 10.6. The summed E-state index contributed by atoms with van der Waals surface area (Å²) in [5.41, 5.74) is 5.47. The first kappa shape index (κ1) is 23.2. The number of aliphatic hydroxyl groups is 2. The third-order valence-electron chi connectivity index (χ3n) is 8.61. The lowest BCUT2D eigenvalue weighted by atomic mass is 9.54. The molecule has 5 unspecified atom stereocenters. The Labute approximate surface area is 200 Å². The van der Waals surface area contributed by atoms with Gasteiger partial charge in [-0.2, -0.15) is 0 Å². The van der Waals surface area contributed by atoms with Crippen LogP contribution in [0.3, 0.4) is 0 Å². The fourth-order valence-electron chi connectivity index (χ4n) is 6.97. The summed E-state index contributed by atoms with van der Waals surface area (Å²) in [6, 6.07) is 7.69. The molecule has 1 amide bonds. The standard InChI is InChI=1S/C28H33FN2O3/c1-28-10-9-23-22-5-4-18(27(34)31(2)15-21(33)16-32)11-17(22)3-6-24(23)26(28)8-7-25(28)19-12-20(29)14-30-13-19/h4-5,7,11-14,21,23-24,26,32-33H,3,6,8-10,15-16H2,1-2H3. The molecule has 2 N–H and O–H groups in total. The second-order valence-electron chi connectivity index (χ2n) is 10.6. The van der Waals surface area contributed by atoms with Gasteiger partial charge in [-0.3, -0.25) is 9.78 Å². The maximum absolute atomic E-state index is 13.9. The van der Waals surface area contributed by atoms with Gasteiger partial charge in [-0.05, 0) is 95.7 Å². The molecule has 5 rings (SSSR count). The van der Waals surface area contributed by atoms with E-state index in [9.17, 15) is 14.3 Å². The second kappa shape index (κ2) is 8.90. The smallest absolute Gasteiger partial charge is 0.253 e. The lowest BCUT2D eigenvalue weighted by molar-refractivity contribution is 0.0520. The number of pyridine rings is 1. The maximum atomic E-state index is 13.9. The van der Waals surface area contributed by atoms with E-state index in [0.717, 1.165) is 37.7 Å². The van der Waals surface area contributed by atoms with Crippen molar-refractivity contribution in [3.8, 4) is 0 Å².